The van der Waals surface area contributed by atoms with E-state index in [0.717, 1.165) is 11.1 Å². The lowest BCUT2D eigenvalue weighted by molar-refractivity contribution is 0.432. The summed E-state index contributed by atoms with van der Waals surface area (Å²) < 4.78 is 12.7. The average Bonchev–Trinajstić information content (AvgIpc) is 2.13. The van der Waals surface area contributed by atoms with Crippen molar-refractivity contribution in [3.63, 3.8) is 0 Å². The van der Waals surface area contributed by atoms with Gasteiger partial charge in [0.05, 0.1) is 0 Å². The Morgan fingerprint density at radius 1 is 1.54 bits per heavy atom. The highest BCUT2D eigenvalue weighted by Gasteiger charge is 2.02. The van der Waals surface area contributed by atoms with E-state index in [4.69, 9.17) is 5.11 Å². The number of benzene rings is 1. The van der Waals surface area contributed by atoms with Crippen molar-refractivity contribution in [2.75, 3.05) is 0 Å². The van der Waals surface area contributed by atoms with Crippen molar-refractivity contribution in [1.82, 2.24) is 0 Å². The van der Waals surface area contributed by atoms with E-state index in [1.165, 1.54) is 12.1 Å². The molecule has 0 saturated carbocycles. The van der Waals surface area contributed by atoms with Crippen LogP contribution in [0.25, 0.3) is 5.57 Å². The molecule has 0 heterocycles. The Hall–Kier alpha value is -1.57. The first-order valence-corrected chi connectivity index (χ1v) is 3.96. The molecule has 0 saturated heterocycles. The largest absolute Gasteiger partial charge is 0.505 e. The molecular formula is C11H11FO. The summed E-state index contributed by atoms with van der Waals surface area (Å²) >= 11 is 0. The summed E-state index contributed by atoms with van der Waals surface area (Å²) in [5.41, 5.74) is 1.63. The predicted molar refractivity (Wildman–Crippen MR) is 51.9 cm³/mol. The van der Waals surface area contributed by atoms with Crippen LogP contribution in [-0.2, 0) is 0 Å². The van der Waals surface area contributed by atoms with E-state index in [2.05, 4.69) is 6.58 Å². The van der Waals surface area contributed by atoms with Gasteiger partial charge < -0.3 is 5.11 Å². The van der Waals surface area contributed by atoms with Crippen LogP contribution >= 0.6 is 0 Å². The van der Waals surface area contributed by atoms with E-state index >= 15 is 0 Å². The highest BCUT2D eigenvalue weighted by molar-refractivity contribution is 5.73. The Bertz CT molecular complexity index is 353. The number of hydrogen-bond acceptors (Lipinski definition) is 1. The summed E-state index contributed by atoms with van der Waals surface area (Å²) in [6.07, 6.45) is 3.51. The Morgan fingerprint density at radius 3 is 2.69 bits per heavy atom. The van der Waals surface area contributed by atoms with Crippen molar-refractivity contribution < 1.29 is 9.50 Å². The summed E-state index contributed by atoms with van der Waals surface area (Å²) in [5, 5.41) is 9.10. The quantitative estimate of drug-likeness (QED) is 0.690. The molecule has 1 rings (SSSR count). The third kappa shape index (κ3) is 1.96. The lowest BCUT2D eigenvalue weighted by Gasteiger charge is -2.02. The molecule has 0 aliphatic carbocycles. The minimum absolute atomic E-state index is 0.335. The summed E-state index contributed by atoms with van der Waals surface area (Å²) in [4.78, 5) is 0. The van der Waals surface area contributed by atoms with Crippen LogP contribution in [0.3, 0.4) is 0 Å². The molecule has 2 heteroatoms. The van der Waals surface area contributed by atoms with Gasteiger partial charge in [0.1, 0.15) is 0 Å². The number of hydrogen-bond donors (Lipinski definition) is 1. The Kier molecular flexibility index (Phi) is 2.85. The highest BCUT2D eigenvalue weighted by atomic mass is 19.1. The number of aromatic hydroxyl groups is 1. The van der Waals surface area contributed by atoms with Gasteiger partial charge >= 0.3 is 0 Å². The molecule has 0 atom stereocenters. The third-order valence-corrected chi connectivity index (χ3v) is 1.81. The monoisotopic (exact) mass is 178 g/mol. The van der Waals surface area contributed by atoms with E-state index in [0.29, 0.717) is 0 Å². The van der Waals surface area contributed by atoms with Gasteiger partial charge in [-0.3, -0.25) is 0 Å². The van der Waals surface area contributed by atoms with Crippen molar-refractivity contribution in [2.45, 2.75) is 6.92 Å². The van der Waals surface area contributed by atoms with Gasteiger partial charge in [0.15, 0.2) is 11.6 Å². The molecular weight excluding hydrogens is 167 g/mol. The first-order chi connectivity index (χ1) is 6.19. The van der Waals surface area contributed by atoms with E-state index in [-0.39, 0.29) is 5.75 Å². The maximum atomic E-state index is 12.7. The van der Waals surface area contributed by atoms with Crippen LogP contribution in [0.1, 0.15) is 12.5 Å². The van der Waals surface area contributed by atoms with Gasteiger partial charge in [0, 0.05) is 0 Å². The molecule has 0 aliphatic rings. The first kappa shape index (κ1) is 9.52. The molecule has 1 aromatic carbocycles. The molecule has 0 aromatic heterocycles. The normalized spacial score (nSPS) is 11.4. The molecule has 0 fully saturated rings. The zero-order valence-corrected chi connectivity index (χ0v) is 7.42. The topological polar surface area (TPSA) is 20.2 Å². The lowest BCUT2D eigenvalue weighted by atomic mass is 10.1. The smallest absolute Gasteiger partial charge is 0.164 e. The SMILES string of the molecule is C=C/C(=C\C)c1ccc(F)c(O)c1. The van der Waals surface area contributed by atoms with Crippen molar-refractivity contribution in [3.8, 4) is 5.75 Å². The molecule has 1 aromatic rings. The molecule has 0 radical (unpaired) electrons. The Labute approximate surface area is 76.8 Å². The van der Waals surface area contributed by atoms with Gasteiger partial charge in [-0.15, -0.1) is 0 Å². The van der Waals surface area contributed by atoms with Crippen LogP contribution < -0.4 is 0 Å². The second-order valence-electron chi connectivity index (χ2n) is 2.61. The summed E-state index contributed by atoms with van der Waals surface area (Å²) in [6, 6.07) is 4.22. The number of allylic oxidation sites excluding steroid dienone is 3. The summed E-state index contributed by atoms with van der Waals surface area (Å²) in [5.74, 6) is -0.943. The minimum atomic E-state index is -0.608. The molecule has 0 unspecified atom stereocenters. The maximum absolute atomic E-state index is 12.7. The van der Waals surface area contributed by atoms with Crippen molar-refractivity contribution in [2.24, 2.45) is 0 Å². The average molecular weight is 178 g/mol. The van der Waals surface area contributed by atoms with Crippen LogP contribution in [0, 0.1) is 5.82 Å². The fraction of sp³-hybridized carbons (Fsp3) is 0.0909. The first-order valence-electron chi connectivity index (χ1n) is 3.96. The Balaban J connectivity index is 3.17. The third-order valence-electron chi connectivity index (χ3n) is 1.81. The van der Waals surface area contributed by atoms with Crippen LogP contribution in [-0.4, -0.2) is 5.11 Å². The van der Waals surface area contributed by atoms with E-state index < -0.39 is 5.82 Å². The van der Waals surface area contributed by atoms with Gasteiger partial charge in [0.25, 0.3) is 0 Å². The standard InChI is InChI=1S/C11H11FO/c1-3-8(4-2)9-5-6-10(12)11(13)7-9/h3-7,13H,1H2,2H3/b8-4+. The zero-order valence-electron chi connectivity index (χ0n) is 7.42. The van der Waals surface area contributed by atoms with Crippen LogP contribution in [0.5, 0.6) is 5.75 Å². The summed E-state index contributed by atoms with van der Waals surface area (Å²) in [7, 11) is 0. The van der Waals surface area contributed by atoms with Crippen LogP contribution in [0.4, 0.5) is 4.39 Å². The van der Waals surface area contributed by atoms with Crippen molar-refractivity contribution >= 4 is 5.57 Å². The van der Waals surface area contributed by atoms with Gasteiger partial charge in [-0.25, -0.2) is 4.39 Å². The van der Waals surface area contributed by atoms with Crippen molar-refractivity contribution in [1.29, 1.82) is 0 Å². The second-order valence-corrected chi connectivity index (χ2v) is 2.61. The predicted octanol–water partition coefficient (Wildman–Crippen LogP) is 3.12. The minimum Gasteiger partial charge on any atom is -0.505 e. The molecule has 0 bridgehead atoms. The molecule has 68 valence electrons. The fourth-order valence-corrected chi connectivity index (χ4v) is 1.09. The number of phenolic OH excluding ortho intramolecular Hbond substituents is 1. The van der Waals surface area contributed by atoms with E-state index in [9.17, 15) is 4.39 Å². The van der Waals surface area contributed by atoms with Gasteiger partial charge in [-0.2, -0.15) is 0 Å². The number of rotatable bonds is 2. The fourth-order valence-electron chi connectivity index (χ4n) is 1.09. The van der Waals surface area contributed by atoms with E-state index in [1.54, 1.807) is 12.1 Å². The summed E-state index contributed by atoms with van der Waals surface area (Å²) in [6.45, 7) is 5.48. The molecule has 1 N–H and O–H groups in total. The van der Waals surface area contributed by atoms with E-state index in [1.807, 2.05) is 13.0 Å². The van der Waals surface area contributed by atoms with Crippen molar-refractivity contribution in [3.05, 3.63) is 48.3 Å². The highest BCUT2D eigenvalue weighted by Crippen LogP contribution is 2.22. The molecule has 0 aliphatic heterocycles. The zero-order chi connectivity index (χ0) is 9.84. The number of halogens is 1. The molecule has 0 amide bonds. The number of phenols is 1. The molecule has 1 nitrogen and oxygen atoms in total. The molecule has 0 spiro atoms. The van der Waals surface area contributed by atoms with Crippen LogP contribution in [0.2, 0.25) is 0 Å². The second kappa shape index (κ2) is 3.90. The van der Waals surface area contributed by atoms with Crippen LogP contribution in [0.15, 0.2) is 36.9 Å². The van der Waals surface area contributed by atoms with Gasteiger partial charge in [0.2, 0.25) is 0 Å². The molecule has 13 heavy (non-hydrogen) atoms. The Morgan fingerprint density at radius 2 is 2.23 bits per heavy atom. The van der Waals surface area contributed by atoms with Gasteiger partial charge in [-0.1, -0.05) is 24.8 Å². The van der Waals surface area contributed by atoms with Gasteiger partial charge in [-0.05, 0) is 30.2 Å². The lowest BCUT2D eigenvalue weighted by Crippen LogP contribution is -1.82. The maximum Gasteiger partial charge on any atom is 0.164 e.